The van der Waals surface area contributed by atoms with E-state index in [1.54, 1.807) is 35.2 Å². The second-order valence-electron chi connectivity index (χ2n) is 9.00. The molecule has 0 radical (unpaired) electrons. The zero-order chi connectivity index (χ0) is 26.4. The van der Waals surface area contributed by atoms with Gasteiger partial charge in [-0.1, -0.05) is 24.3 Å². The third-order valence-electron chi connectivity index (χ3n) is 6.70. The molecule has 0 saturated carbocycles. The number of amides is 1. The Bertz CT molecular complexity index is 1760. The number of nitrogens with zero attached hydrogens (tertiary/aromatic N) is 4. The summed E-state index contributed by atoms with van der Waals surface area (Å²) in [6.45, 7) is 0.614. The second-order valence-corrected chi connectivity index (χ2v) is 9.78. The number of benzene rings is 2. The zero-order valence-corrected chi connectivity index (χ0v) is 21.5. The van der Waals surface area contributed by atoms with Crippen LogP contribution < -0.4 is 5.56 Å². The lowest BCUT2D eigenvalue weighted by Crippen LogP contribution is -2.39. The minimum Gasteiger partial charge on any atom is -0.448 e. The molecule has 1 amide bonds. The maximum Gasteiger partial charge on any atom is 0.272 e. The fourth-order valence-electron chi connectivity index (χ4n) is 4.90. The van der Waals surface area contributed by atoms with Crippen LogP contribution in [0.2, 0.25) is 0 Å². The van der Waals surface area contributed by atoms with Gasteiger partial charge in [0, 0.05) is 24.9 Å². The lowest BCUT2D eigenvalue weighted by molar-refractivity contribution is 0.0703. The third kappa shape index (κ3) is 4.23. The van der Waals surface area contributed by atoms with Crippen molar-refractivity contribution in [2.45, 2.75) is 26.1 Å². The van der Waals surface area contributed by atoms with E-state index in [-0.39, 0.29) is 24.3 Å². The van der Waals surface area contributed by atoms with Crippen LogP contribution in [0.4, 0.5) is 4.39 Å². The molecule has 3 aromatic heterocycles. The Kier molecular flexibility index (Phi) is 6.16. The Hall–Kier alpha value is -4.09. The molecule has 0 atom stereocenters. The van der Waals surface area contributed by atoms with E-state index in [0.29, 0.717) is 69.2 Å². The average molecular weight is 578 g/mol. The van der Waals surface area contributed by atoms with E-state index in [2.05, 4.69) is 31.1 Å². The summed E-state index contributed by atoms with van der Waals surface area (Å²) in [4.78, 5) is 31.6. The van der Waals surface area contributed by atoms with E-state index < -0.39 is 11.7 Å². The van der Waals surface area contributed by atoms with Gasteiger partial charge in [-0.25, -0.2) is 14.5 Å². The van der Waals surface area contributed by atoms with Crippen molar-refractivity contribution in [3.63, 3.8) is 0 Å². The van der Waals surface area contributed by atoms with E-state index in [9.17, 15) is 19.1 Å². The highest BCUT2D eigenvalue weighted by Gasteiger charge is 2.29. The van der Waals surface area contributed by atoms with Crippen molar-refractivity contribution in [1.29, 1.82) is 0 Å². The lowest BCUT2D eigenvalue weighted by atomic mass is 10.0. The van der Waals surface area contributed by atoms with Crippen molar-refractivity contribution in [1.82, 2.24) is 24.6 Å². The number of rotatable bonds is 5. The molecule has 38 heavy (non-hydrogen) atoms. The molecular formula is C27H21BrFN5O4. The molecule has 192 valence electrons. The smallest absolute Gasteiger partial charge is 0.272 e. The van der Waals surface area contributed by atoms with Gasteiger partial charge in [0.2, 0.25) is 0 Å². The molecule has 2 N–H and O–H groups in total. The highest BCUT2D eigenvalue weighted by atomic mass is 79.9. The third-order valence-corrected chi connectivity index (χ3v) is 7.12. The minimum absolute atomic E-state index is 0.0474. The standard InChI is InChI=1S/C27H21BrFN5O4/c28-23-8-7-22(38-23)25-21(14-35)30-24-13-33(9-10-34(24)25)27(37)18-11-15(5-6-19(18)29)12-20-16-3-1-2-4-17(16)26(36)32-31-20/h1-8,11,35H,9-10,12-14H2,(H,32,36). The molecule has 0 saturated heterocycles. The SMILES string of the molecule is O=C(c1cc(Cc2n[nH]c(=O)c3ccccc23)ccc1F)N1CCn2c(nc(CO)c2-c2ccc(Br)o2)C1. The van der Waals surface area contributed by atoms with Crippen LogP contribution in [0.5, 0.6) is 0 Å². The summed E-state index contributed by atoms with van der Waals surface area (Å²) in [5, 5.41) is 17.8. The fourth-order valence-corrected chi connectivity index (χ4v) is 5.21. The Morgan fingerprint density at radius 2 is 1.92 bits per heavy atom. The number of carbonyl (C=O) groups is 1. The normalized spacial score (nSPS) is 13.2. The molecule has 0 spiro atoms. The number of carbonyl (C=O) groups excluding carboxylic acids is 1. The van der Waals surface area contributed by atoms with E-state index >= 15 is 0 Å². The summed E-state index contributed by atoms with van der Waals surface area (Å²) >= 11 is 3.30. The van der Waals surface area contributed by atoms with E-state index in [1.807, 2.05) is 16.7 Å². The largest absolute Gasteiger partial charge is 0.448 e. The fraction of sp³-hybridized carbons (Fsp3) is 0.185. The highest BCUT2D eigenvalue weighted by Crippen LogP contribution is 2.31. The maximum atomic E-state index is 14.9. The molecule has 1 aliphatic rings. The molecule has 1 aliphatic heterocycles. The van der Waals surface area contributed by atoms with Crippen molar-refractivity contribution >= 4 is 32.6 Å². The summed E-state index contributed by atoms with van der Waals surface area (Å²) < 4.78 is 23.0. The molecule has 6 rings (SSSR count). The Morgan fingerprint density at radius 1 is 1.11 bits per heavy atom. The van der Waals surface area contributed by atoms with Crippen LogP contribution >= 0.6 is 15.9 Å². The quantitative estimate of drug-likeness (QED) is 0.326. The van der Waals surface area contributed by atoms with Gasteiger partial charge < -0.3 is 19.0 Å². The van der Waals surface area contributed by atoms with Crippen LogP contribution in [0.3, 0.4) is 0 Å². The molecule has 11 heteroatoms. The number of aliphatic hydroxyl groups excluding tert-OH is 1. The van der Waals surface area contributed by atoms with Crippen molar-refractivity contribution < 1.29 is 18.7 Å². The number of fused-ring (bicyclic) bond motifs is 2. The van der Waals surface area contributed by atoms with Gasteiger partial charge in [0.15, 0.2) is 10.4 Å². The first kappa shape index (κ1) is 24.3. The second kappa shape index (κ2) is 9.66. The van der Waals surface area contributed by atoms with Gasteiger partial charge in [-0.05, 0) is 51.8 Å². The van der Waals surface area contributed by atoms with Crippen LogP contribution in [0.1, 0.15) is 33.1 Å². The van der Waals surface area contributed by atoms with E-state index in [0.717, 1.165) is 0 Å². The van der Waals surface area contributed by atoms with Crippen LogP contribution in [0.15, 0.2) is 68.5 Å². The first-order valence-electron chi connectivity index (χ1n) is 11.9. The summed E-state index contributed by atoms with van der Waals surface area (Å²) in [5.41, 5.74) is 2.09. The first-order valence-corrected chi connectivity index (χ1v) is 12.7. The number of aromatic amines is 1. The molecule has 4 heterocycles. The van der Waals surface area contributed by atoms with Crippen molar-refractivity contribution in [2.24, 2.45) is 0 Å². The number of hydrogen-bond donors (Lipinski definition) is 2. The number of halogens is 2. The summed E-state index contributed by atoms with van der Waals surface area (Å²) in [6, 6.07) is 15.1. The number of nitrogens with one attached hydrogen (secondary N) is 1. The van der Waals surface area contributed by atoms with Gasteiger partial charge in [0.05, 0.1) is 35.5 Å². The van der Waals surface area contributed by atoms with Gasteiger partial charge in [-0.2, -0.15) is 5.10 Å². The van der Waals surface area contributed by atoms with Gasteiger partial charge >= 0.3 is 0 Å². The predicted octanol–water partition coefficient (Wildman–Crippen LogP) is 4.02. The highest BCUT2D eigenvalue weighted by molar-refractivity contribution is 9.10. The van der Waals surface area contributed by atoms with Crippen LogP contribution in [-0.2, 0) is 26.1 Å². The molecule has 5 aromatic rings. The number of aliphatic hydroxyl groups is 1. The number of hydrogen-bond acceptors (Lipinski definition) is 6. The maximum absolute atomic E-state index is 14.9. The van der Waals surface area contributed by atoms with Gasteiger partial charge in [0.25, 0.3) is 11.5 Å². The monoisotopic (exact) mass is 577 g/mol. The first-order chi connectivity index (χ1) is 18.4. The molecule has 0 fully saturated rings. The number of aromatic nitrogens is 4. The predicted molar refractivity (Wildman–Crippen MR) is 140 cm³/mol. The van der Waals surface area contributed by atoms with Gasteiger partial charge in [-0.3, -0.25) is 9.59 Å². The summed E-state index contributed by atoms with van der Waals surface area (Å²) in [5.74, 6) is 0.0630. The molecule has 2 aromatic carbocycles. The number of furan rings is 1. The average Bonchev–Trinajstić information content (AvgIpc) is 3.53. The summed E-state index contributed by atoms with van der Waals surface area (Å²) in [6.07, 6.45) is 0.310. The van der Waals surface area contributed by atoms with Gasteiger partial charge in [0.1, 0.15) is 17.3 Å². The van der Waals surface area contributed by atoms with Crippen LogP contribution in [-0.4, -0.2) is 42.2 Å². The zero-order valence-electron chi connectivity index (χ0n) is 19.9. The molecule has 9 nitrogen and oxygen atoms in total. The molecule has 0 aliphatic carbocycles. The topological polar surface area (TPSA) is 117 Å². The Labute approximate surface area is 223 Å². The lowest BCUT2D eigenvalue weighted by Gasteiger charge is -2.28. The van der Waals surface area contributed by atoms with E-state index in [1.165, 1.54) is 12.1 Å². The molecular weight excluding hydrogens is 557 g/mol. The minimum atomic E-state index is -0.621. The van der Waals surface area contributed by atoms with Crippen LogP contribution in [0, 0.1) is 5.82 Å². The van der Waals surface area contributed by atoms with Gasteiger partial charge in [-0.15, -0.1) is 0 Å². The van der Waals surface area contributed by atoms with Crippen molar-refractivity contribution in [3.05, 3.63) is 104 Å². The molecule has 0 unspecified atom stereocenters. The van der Waals surface area contributed by atoms with Crippen molar-refractivity contribution in [3.8, 4) is 11.5 Å². The van der Waals surface area contributed by atoms with E-state index in [4.69, 9.17) is 4.42 Å². The van der Waals surface area contributed by atoms with Crippen LogP contribution in [0.25, 0.3) is 22.2 Å². The molecule has 0 bridgehead atoms. The number of imidazole rings is 1. The summed E-state index contributed by atoms with van der Waals surface area (Å²) in [7, 11) is 0. The van der Waals surface area contributed by atoms with Crippen molar-refractivity contribution in [2.75, 3.05) is 6.54 Å². The number of H-pyrrole nitrogens is 1. The Morgan fingerprint density at radius 3 is 2.68 bits per heavy atom. The Balaban J connectivity index is 1.28.